The van der Waals surface area contributed by atoms with Crippen LogP contribution in [0, 0.1) is 0 Å². The van der Waals surface area contributed by atoms with Gasteiger partial charge in [-0.15, -0.1) is 0 Å². The van der Waals surface area contributed by atoms with E-state index in [0.717, 1.165) is 19.3 Å². The Bertz CT molecular complexity index is 393. The summed E-state index contributed by atoms with van der Waals surface area (Å²) in [6, 6.07) is 5.40. The highest BCUT2D eigenvalue weighted by molar-refractivity contribution is 6.34. The zero-order chi connectivity index (χ0) is 12.8. The number of rotatable bonds is 6. The SMILES string of the molecule is CCCC(CC)Nc1cccc(Cl)c1C(=O)O. The molecule has 1 unspecified atom stereocenters. The van der Waals surface area contributed by atoms with Crippen LogP contribution >= 0.6 is 11.6 Å². The van der Waals surface area contributed by atoms with Crippen molar-refractivity contribution in [2.75, 3.05) is 5.32 Å². The van der Waals surface area contributed by atoms with Crippen LogP contribution in [0.4, 0.5) is 5.69 Å². The van der Waals surface area contributed by atoms with Crippen molar-refractivity contribution in [3.63, 3.8) is 0 Å². The molecule has 1 aromatic carbocycles. The number of aromatic carboxylic acids is 1. The van der Waals surface area contributed by atoms with E-state index < -0.39 is 5.97 Å². The molecule has 0 aliphatic rings. The molecule has 3 nitrogen and oxygen atoms in total. The van der Waals surface area contributed by atoms with Crippen molar-refractivity contribution in [1.82, 2.24) is 0 Å². The van der Waals surface area contributed by atoms with Crippen LogP contribution in [-0.2, 0) is 0 Å². The molecule has 0 saturated carbocycles. The maximum Gasteiger partial charge on any atom is 0.339 e. The molecule has 1 rings (SSSR count). The number of carbonyl (C=O) groups is 1. The number of halogens is 1. The van der Waals surface area contributed by atoms with Crippen LogP contribution in [0.2, 0.25) is 5.02 Å². The summed E-state index contributed by atoms with van der Waals surface area (Å²) in [5.74, 6) is -0.996. The molecule has 2 N–H and O–H groups in total. The van der Waals surface area contributed by atoms with Crippen molar-refractivity contribution in [2.45, 2.75) is 39.2 Å². The van der Waals surface area contributed by atoms with E-state index in [1.807, 2.05) is 0 Å². The minimum Gasteiger partial charge on any atom is -0.478 e. The van der Waals surface area contributed by atoms with Gasteiger partial charge in [-0.3, -0.25) is 0 Å². The zero-order valence-electron chi connectivity index (χ0n) is 10.2. The van der Waals surface area contributed by atoms with E-state index in [-0.39, 0.29) is 16.6 Å². The van der Waals surface area contributed by atoms with E-state index >= 15 is 0 Å². The van der Waals surface area contributed by atoms with Crippen LogP contribution in [0.1, 0.15) is 43.5 Å². The standard InChI is InChI=1S/C13H18ClNO2/c1-3-6-9(4-2)15-11-8-5-7-10(14)12(11)13(16)17/h5,7-9,15H,3-4,6H2,1-2H3,(H,16,17). The number of benzene rings is 1. The summed E-state index contributed by atoms with van der Waals surface area (Å²) in [4.78, 5) is 11.1. The molecule has 1 atom stereocenters. The van der Waals surface area contributed by atoms with Gasteiger partial charge in [0.05, 0.1) is 10.7 Å². The predicted molar refractivity (Wildman–Crippen MR) is 71.0 cm³/mol. The highest BCUT2D eigenvalue weighted by Gasteiger charge is 2.16. The second-order valence-electron chi connectivity index (χ2n) is 4.01. The minimum atomic E-state index is -0.996. The Kier molecular flexibility index (Phi) is 5.29. The lowest BCUT2D eigenvalue weighted by Crippen LogP contribution is -2.20. The van der Waals surface area contributed by atoms with Gasteiger partial charge in [-0.25, -0.2) is 4.79 Å². The average molecular weight is 256 g/mol. The second-order valence-corrected chi connectivity index (χ2v) is 4.41. The van der Waals surface area contributed by atoms with E-state index in [1.165, 1.54) is 0 Å². The van der Waals surface area contributed by atoms with Gasteiger partial charge in [0.2, 0.25) is 0 Å². The van der Waals surface area contributed by atoms with Crippen LogP contribution in [0.5, 0.6) is 0 Å². The van der Waals surface area contributed by atoms with Crippen molar-refractivity contribution in [3.8, 4) is 0 Å². The average Bonchev–Trinajstić information content (AvgIpc) is 2.28. The quantitative estimate of drug-likeness (QED) is 0.807. The van der Waals surface area contributed by atoms with Gasteiger partial charge in [0.15, 0.2) is 0 Å². The van der Waals surface area contributed by atoms with E-state index in [1.54, 1.807) is 18.2 Å². The van der Waals surface area contributed by atoms with E-state index in [4.69, 9.17) is 16.7 Å². The summed E-state index contributed by atoms with van der Waals surface area (Å²) < 4.78 is 0. The normalized spacial score (nSPS) is 12.2. The van der Waals surface area contributed by atoms with Crippen LogP contribution in [0.3, 0.4) is 0 Å². The molecular formula is C13H18ClNO2. The van der Waals surface area contributed by atoms with Crippen molar-refractivity contribution in [1.29, 1.82) is 0 Å². The summed E-state index contributed by atoms with van der Waals surface area (Å²) in [6.07, 6.45) is 3.04. The predicted octanol–water partition coefficient (Wildman–Crippen LogP) is 4.03. The number of hydrogen-bond acceptors (Lipinski definition) is 2. The first-order chi connectivity index (χ1) is 8.10. The molecule has 0 bridgehead atoms. The van der Waals surface area contributed by atoms with Gasteiger partial charge in [0.25, 0.3) is 0 Å². The molecule has 1 aromatic rings. The van der Waals surface area contributed by atoms with Crippen LogP contribution < -0.4 is 5.32 Å². The number of carboxylic acids is 1. The Labute approximate surface area is 107 Å². The molecule has 0 spiro atoms. The van der Waals surface area contributed by atoms with E-state index in [9.17, 15) is 4.79 Å². The number of hydrogen-bond donors (Lipinski definition) is 2. The molecular weight excluding hydrogens is 238 g/mol. The molecule has 0 heterocycles. The lowest BCUT2D eigenvalue weighted by Gasteiger charge is -2.19. The molecule has 0 aliphatic heterocycles. The van der Waals surface area contributed by atoms with Gasteiger partial charge >= 0.3 is 5.97 Å². The van der Waals surface area contributed by atoms with Gasteiger partial charge in [-0.2, -0.15) is 0 Å². The van der Waals surface area contributed by atoms with Crippen LogP contribution in [0.15, 0.2) is 18.2 Å². The molecule has 94 valence electrons. The van der Waals surface area contributed by atoms with Gasteiger partial charge < -0.3 is 10.4 Å². The first kappa shape index (κ1) is 13.8. The minimum absolute atomic E-state index is 0.156. The van der Waals surface area contributed by atoms with Gasteiger partial charge in [0.1, 0.15) is 5.56 Å². The summed E-state index contributed by atoms with van der Waals surface area (Å²) in [5.41, 5.74) is 0.758. The maximum absolute atomic E-state index is 11.1. The summed E-state index contributed by atoms with van der Waals surface area (Å²) >= 11 is 5.91. The molecule has 0 aromatic heterocycles. The fourth-order valence-corrected chi connectivity index (χ4v) is 2.06. The van der Waals surface area contributed by atoms with Crippen LogP contribution in [0.25, 0.3) is 0 Å². The Morgan fingerprint density at radius 1 is 1.47 bits per heavy atom. The Hall–Kier alpha value is -1.22. The van der Waals surface area contributed by atoms with E-state index in [0.29, 0.717) is 5.69 Å². The fourth-order valence-electron chi connectivity index (χ4n) is 1.81. The second kappa shape index (κ2) is 6.50. The largest absolute Gasteiger partial charge is 0.478 e. The first-order valence-electron chi connectivity index (χ1n) is 5.88. The van der Waals surface area contributed by atoms with Gasteiger partial charge in [0, 0.05) is 6.04 Å². The monoisotopic (exact) mass is 255 g/mol. The molecule has 0 amide bonds. The van der Waals surface area contributed by atoms with Crippen LogP contribution in [-0.4, -0.2) is 17.1 Å². The molecule has 4 heteroatoms. The molecule has 0 saturated heterocycles. The first-order valence-corrected chi connectivity index (χ1v) is 6.26. The van der Waals surface area contributed by atoms with Crippen molar-refractivity contribution >= 4 is 23.3 Å². The maximum atomic E-state index is 11.1. The summed E-state index contributed by atoms with van der Waals surface area (Å²) in [5, 5.41) is 12.7. The number of anilines is 1. The Morgan fingerprint density at radius 3 is 2.71 bits per heavy atom. The Morgan fingerprint density at radius 2 is 2.18 bits per heavy atom. The van der Waals surface area contributed by atoms with Crippen molar-refractivity contribution in [2.24, 2.45) is 0 Å². The topological polar surface area (TPSA) is 49.3 Å². The highest BCUT2D eigenvalue weighted by Crippen LogP contribution is 2.25. The summed E-state index contributed by atoms with van der Waals surface area (Å²) in [7, 11) is 0. The van der Waals surface area contributed by atoms with Crippen molar-refractivity contribution < 1.29 is 9.90 Å². The molecule has 17 heavy (non-hydrogen) atoms. The van der Waals surface area contributed by atoms with Gasteiger partial charge in [-0.1, -0.05) is 37.9 Å². The lowest BCUT2D eigenvalue weighted by atomic mass is 10.1. The van der Waals surface area contributed by atoms with Crippen molar-refractivity contribution in [3.05, 3.63) is 28.8 Å². The number of carboxylic acid groups (broad SMARTS) is 1. The molecule has 0 aliphatic carbocycles. The Balaban J connectivity index is 2.97. The molecule has 0 fully saturated rings. The number of nitrogens with one attached hydrogen (secondary N) is 1. The third kappa shape index (κ3) is 3.63. The van der Waals surface area contributed by atoms with E-state index in [2.05, 4.69) is 19.2 Å². The highest BCUT2D eigenvalue weighted by atomic mass is 35.5. The smallest absolute Gasteiger partial charge is 0.339 e. The molecule has 0 radical (unpaired) electrons. The third-order valence-corrected chi connectivity index (χ3v) is 3.03. The zero-order valence-corrected chi connectivity index (χ0v) is 10.9. The third-order valence-electron chi connectivity index (χ3n) is 2.72. The lowest BCUT2D eigenvalue weighted by molar-refractivity contribution is 0.0698. The summed E-state index contributed by atoms with van der Waals surface area (Å²) in [6.45, 7) is 4.19. The van der Waals surface area contributed by atoms with Gasteiger partial charge in [-0.05, 0) is 25.0 Å². The fraction of sp³-hybridized carbons (Fsp3) is 0.462.